The van der Waals surface area contributed by atoms with Crippen LogP contribution in [0.2, 0.25) is 0 Å². The maximum absolute atomic E-state index is 12.4. The molecule has 0 saturated carbocycles. The molecule has 1 aromatic heterocycles. The van der Waals surface area contributed by atoms with Gasteiger partial charge >= 0.3 is 0 Å². The number of nitrogens with zero attached hydrogens (tertiary/aromatic N) is 2. The molecular weight excluding hydrogens is 294 g/mol. The summed E-state index contributed by atoms with van der Waals surface area (Å²) in [6.07, 6.45) is 0. The predicted octanol–water partition coefficient (Wildman–Crippen LogP) is 2.08. The Morgan fingerprint density at radius 3 is 2.35 bits per heavy atom. The highest BCUT2D eigenvalue weighted by molar-refractivity contribution is 5.95. The highest BCUT2D eigenvalue weighted by Gasteiger charge is 2.22. The SMILES string of the molecule is COc1cc(=O)n(-c2ccc(C)cc2)nc1C(=O)NC(C)(C)C. The van der Waals surface area contributed by atoms with Gasteiger partial charge in [0.25, 0.3) is 11.5 Å². The molecule has 1 N–H and O–H groups in total. The summed E-state index contributed by atoms with van der Waals surface area (Å²) in [5.41, 5.74) is 0.948. The van der Waals surface area contributed by atoms with E-state index in [4.69, 9.17) is 4.74 Å². The first-order valence-electron chi connectivity index (χ1n) is 7.29. The van der Waals surface area contributed by atoms with Crippen LogP contribution in [-0.4, -0.2) is 28.3 Å². The van der Waals surface area contributed by atoms with Gasteiger partial charge in [0.05, 0.1) is 18.9 Å². The van der Waals surface area contributed by atoms with Gasteiger partial charge in [-0.25, -0.2) is 0 Å². The lowest BCUT2D eigenvalue weighted by atomic mass is 10.1. The van der Waals surface area contributed by atoms with Crippen molar-refractivity contribution in [2.75, 3.05) is 7.11 Å². The Balaban J connectivity index is 2.54. The largest absolute Gasteiger partial charge is 0.494 e. The maximum Gasteiger partial charge on any atom is 0.276 e. The molecule has 0 fully saturated rings. The molecule has 0 aliphatic rings. The van der Waals surface area contributed by atoms with Crippen molar-refractivity contribution in [3.8, 4) is 11.4 Å². The second-order valence-corrected chi connectivity index (χ2v) is 6.35. The van der Waals surface area contributed by atoms with E-state index in [0.29, 0.717) is 5.69 Å². The first-order chi connectivity index (χ1) is 10.7. The van der Waals surface area contributed by atoms with Crippen LogP contribution in [0.4, 0.5) is 0 Å². The quantitative estimate of drug-likeness (QED) is 0.941. The smallest absolute Gasteiger partial charge is 0.276 e. The third kappa shape index (κ3) is 3.97. The van der Waals surface area contributed by atoms with E-state index >= 15 is 0 Å². The van der Waals surface area contributed by atoms with Crippen LogP contribution < -0.4 is 15.6 Å². The molecule has 1 aromatic carbocycles. The Hall–Kier alpha value is -2.63. The van der Waals surface area contributed by atoms with Gasteiger partial charge in [0, 0.05) is 5.54 Å². The van der Waals surface area contributed by atoms with Crippen molar-refractivity contribution in [1.29, 1.82) is 0 Å². The summed E-state index contributed by atoms with van der Waals surface area (Å²) in [5, 5.41) is 7.01. The molecule has 6 nitrogen and oxygen atoms in total. The Morgan fingerprint density at radius 2 is 1.83 bits per heavy atom. The van der Waals surface area contributed by atoms with Crippen molar-refractivity contribution in [3.63, 3.8) is 0 Å². The molecule has 0 aliphatic carbocycles. The normalized spacial score (nSPS) is 11.2. The minimum Gasteiger partial charge on any atom is -0.494 e. The molecule has 1 heterocycles. The van der Waals surface area contributed by atoms with Crippen LogP contribution in [0.1, 0.15) is 36.8 Å². The molecule has 122 valence electrons. The lowest BCUT2D eigenvalue weighted by Gasteiger charge is -2.21. The van der Waals surface area contributed by atoms with Crippen LogP contribution >= 0.6 is 0 Å². The Labute approximate surface area is 135 Å². The number of aromatic nitrogens is 2. The number of amides is 1. The second-order valence-electron chi connectivity index (χ2n) is 6.35. The highest BCUT2D eigenvalue weighted by Crippen LogP contribution is 2.15. The first-order valence-corrected chi connectivity index (χ1v) is 7.29. The third-order valence-electron chi connectivity index (χ3n) is 3.10. The summed E-state index contributed by atoms with van der Waals surface area (Å²) in [4.78, 5) is 24.7. The Morgan fingerprint density at radius 1 is 1.22 bits per heavy atom. The molecule has 0 saturated heterocycles. The summed E-state index contributed by atoms with van der Waals surface area (Å²) >= 11 is 0. The van der Waals surface area contributed by atoms with Crippen LogP contribution in [0.3, 0.4) is 0 Å². The standard InChI is InChI=1S/C17H21N3O3/c1-11-6-8-12(9-7-11)20-14(21)10-13(23-5)15(19-20)16(22)18-17(2,3)4/h6-10H,1-5H3,(H,18,22). The zero-order chi connectivity index (χ0) is 17.2. The zero-order valence-electron chi connectivity index (χ0n) is 14.0. The first kappa shape index (κ1) is 16.7. The van der Waals surface area contributed by atoms with Gasteiger partial charge in [-0.15, -0.1) is 0 Å². The number of carbonyl (C=O) groups excluding carboxylic acids is 1. The third-order valence-corrected chi connectivity index (χ3v) is 3.10. The van der Waals surface area contributed by atoms with Crippen LogP contribution in [0.25, 0.3) is 5.69 Å². The predicted molar refractivity (Wildman–Crippen MR) is 88.3 cm³/mol. The zero-order valence-corrected chi connectivity index (χ0v) is 14.0. The topological polar surface area (TPSA) is 73.2 Å². The van der Waals surface area contributed by atoms with E-state index in [-0.39, 0.29) is 17.0 Å². The minimum atomic E-state index is -0.422. The van der Waals surface area contributed by atoms with Crippen LogP contribution in [0.15, 0.2) is 35.1 Å². The molecule has 1 amide bonds. The van der Waals surface area contributed by atoms with E-state index in [0.717, 1.165) is 5.56 Å². The number of methoxy groups -OCH3 is 1. The van der Waals surface area contributed by atoms with Crippen molar-refractivity contribution < 1.29 is 9.53 Å². The van der Waals surface area contributed by atoms with Gasteiger partial charge < -0.3 is 10.1 Å². The van der Waals surface area contributed by atoms with Crippen LogP contribution in [-0.2, 0) is 0 Å². The lowest BCUT2D eigenvalue weighted by Crippen LogP contribution is -2.41. The van der Waals surface area contributed by atoms with Crippen LogP contribution in [0, 0.1) is 6.92 Å². The van der Waals surface area contributed by atoms with E-state index in [1.165, 1.54) is 17.9 Å². The second kappa shape index (κ2) is 6.24. The molecule has 0 atom stereocenters. The van der Waals surface area contributed by atoms with E-state index in [1.54, 1.807) is 12.1 Å². The van der Waals surface area contributed by atoms with Gasteiger partial charge in [-0.1, -0.05) is 17.7 Å². The fourth-order valence-corrected chi connectivity index (χ4v) is 2.02. The molecule has 0 unspecified atom stereocenters. The van der Waals surface area contributed by atoms with E-state index < -0.39 is 11.4 Å². The van der Waals surface area contributed by atoms with Crippen molar-refractivity contribution in [2.45, 2.75) is 33.2 Å². The van der Waals surface area contributed by atoms with Crippen molar-refractivity contribution in [2.24, 2.45) is 0 Å². The number of nitrogens with one attached hydrogen (secondary N) is 1. The number of hydrogen-bond donors (Lipinski definition) is 1. The molecule has 0 aliphatic heterocycles. The summed E-state index contributed by atoms with van der Waals surface area (Å²) in [7, 11) is 1.40. The Kier molecular flexibility index (Phi) is 4.54. The van der Waals surface area contributed by atoms with Crippen molar-refractivity contribution in [3.05, 3.63) is 51.9 Å². The summed E-state index contributed by atoms with van der Waals surface area (Å²) in [5.74, 6) is -0.240. The summed E-state index contributed by atoms with van der Waals surface area (Å²) in [6, 6.07) is 8.58. The number of aryl methyl sites for hydroxylation is 1. The average Bonchev–Trinajstić information content (AvgIpc) is 2.46. The molecular formula is C17H21N3O3. The molecule has 0 radical (unpaired) electrons. The number of carbonyl (C=O) groups is 1. The molecule has 0 spiro atoms. The van der Waals surface area contributed by atoms with Gasteiger partial charge in [-0.3, -0.25) is 9.59 Å². The highest BCUT2D eigenvalue weighted by atomic mass is 16.5. The van der Waals surface area contributed by atoms with E-state index in [9.17, 15) is 9.59 Å². The van der Waals surface area contributed by atoms with Gasteiger partial charge in [0.1, 0.15) is 0 Å². The van der Waals surface area contributed by atoms with Crippen molar-refractivity contribution in [1.82, 2.24) is 15.1 Å². The molecule has 6 heteroatoms. The maximum atomic E-state index is 12.4. The van der Waals surface area contributed by atoms with Crippen molar-refractivity contribution >= 4 is 5.91 Å². The average molecular weight is 315 g/mol. The summed E-state index contributed by atoms with van der Waals surface area (Å²) in [6.45, 7) is 7.56. The number of benzene rings is 1. The number of hydrogen-bond acceptors (Lipinski definition) is 4. The molecule has 2 rings (SSSR count). The van der Waals surface area contributed by atoms with Gasteiger partial charge in [0.15, 0.2) is 11.4 Å². The van der Waals surface area contributed by atoms with E-state index in [2.05, 4.69) is 10.4 Å². The number of ether oxygens (including phenoxy) is 1. The molecule has 23 heavy (non-hydrogen) atoms. The molecule has 2 aromatic rings. The lowest BCUT2D eigenvalue weighted by molar-refractivity contribution is 0.0909. The van der Waals surface area contributed by atoms with E-state index in [1.807, 2.05) is 39.8 Å². The van der Waals surface area contributed by atoms with Gasteiger partial charge in [-0.05, 0) is 39.8 Å². The van der Waals surface area contributed by atoms with Gasteiger partial charge in [0.2, 0.25) is 0 Å². The Bertz CT molecular complexity index is 771. The summed E-state index contributed by atoms with van der Waals surface area (Å²) < 4.78 is 6.33. The fraction of sp³-hybridized carbons (Fsp3) is 0.353. The molecule has 0 bridgehead atoms. The number of rotatable bonds is 3. The fourth-order valence-electron chi connectivity index (χ4n) is 2.02. The minimum absolute atomic E-state index is 0.0719. The van der Waals surface area contributed by atoms with Crippen LogP contribution in [0.5, 0.6) is 5.75 Å². The monoisotopic (exact) mass is 315 g/mol. The van der Waals surface area contributed by atoms with Gasteiger partial charge in [-0.2, -0.15) is 9.78 Å².